The fourth-order valence-electron chi connectivity index (χ4n) is 2.63. The molecule has 2 N–H and O–H groups in total. The van der Waals surface area contributed by atoms with Gasteiger partial charge in [-0.15, -0.1) is 0 Å². The van der Waals surface area contributed by atoms with E-state index in [0.717, 1.165) is 5.57 Å². The van der Waals surface area contributed by atoms with Gasteiger partial charge < -0.3 is 10.2 Å². The molecule has 0 aromatic heterocycles. The number of rotatable bonds is 4. The molecular formula is C14H20O4. The summed E-state index contributed by atoms with van der Waals surface area (Å²) < 4.78 is 0. The second-order valence-electron chi connectivity index (χ2n) is 4.82. The van der Waals surface area contributed by atoms with Gasteiger partial charge in [0.1, 0.15) is 5.41 Å². The third-order valence-corrected chi connectivity index (χ3v) is 3.89. The molecule has 0 saturated carbocycles. The molecule has 0 fully saturated rings. The van der Waals surface area contributed by atoms with Crippen molar-refractivity contribution in [2.24, 2.45) is 11.3 Å². The first-order valence-electron chi connectivity index (χ1n) is 6.18. The highest BCUT2D eigenvalue weighted by Gasteiger charge is 2.51. The van der Waals surface area contributed by atoms with Crippen LogP contribution in [-0.4, -0.2) is 22.2 Å². The Kier molecular flexibility index (Phi) is 4.33. The zero-order valence-electron chi connectivity index (χ0n) is 11.1. The van der Waals surface area contributed by atoms with Crippen molar-refractivity contribution in [2.75, 3.05) is 0 Å². The molecule has 0 amide bonds. The van der Waals surface area contributed by atoms with Gasteiger partial charge in [0, 0.05) is 0 Å². The highest BCUT2D eigenvalue weighted by Crippen LogP contribution is 2.46. The average Bonchev–Trinajstić information content (AvgIpc) is 2.30. The minimum atomic E-state index is -1.38. The normalized spacial score (nSPS) is 28.7. The summed E-state index contributed by atoms with van der Waals surface area (Å²) >= 11 is 0. The Labute approximate surface area is 107 Å². The minimum absolute atomic E-state index is 0.374. The number of aliphatic carboxylic acids is 2. The summed E-state index contributed by atoms with van der Waals surface area (Å²) in [5.74, 6) is -3.00. The Balaban J connectivity index is 3.45. The first-order chi connectivity index (χ1) is 8.37. The van der Waals surface area contributed by atoms with Crippen molar-refractivity contribution in [3.63, 3.8) is 0 Å². The summed E-state index contributed by atoms with van der Waals surface area (Å²) in [6, 6.07) is 0. The van der Waals surface area contributed by atoms with Crippen LogP contribution in [-0.2, 0) is 9.59 Å². The topological polar surface area (TPSA) is 74.6 Å². The van der Waals surface area contributed by atoms with Crippen molar-refractivity contribution < 1.29 is 19.8 Å². The fraction of sp³-hybridized carbons (Fsp3) is 0.571. The van der Waals surface area contributed by atoms with Gasteiger partial charge in [-0.1, -0.05) is 30.2 Å². The Morgan fingerprint density at radius 2 is 2.00 bits per heavy atom. The van der Waals surface area contributed by atoms with Crippen LogP contribution in [0.4, 0.5) is 0 Å². The van der Waals surface area contributed by atoms with Gasteiger partial charge in [-0.2, -0.15) is 0 Å². The monoisotopic (exact) mass is 252 g/mol. The predicted octanol–water partition coefficient (Wildman–Crippen LogP) is 2.85. The molecule has 0 heterocycles. The van der Waals surface area contributed by atoms with Crippen LogP contribution in [0.2, 0.25) is 0 Å². The highest BCUT2D eigenvalue weighted by molar-refractivity contribution is 5.89. The van der Waals surface area contributed by atoms with Crippen molar-refractivity contribution in [1.29, 1.82) is 0 Å². The van der Waals surface area contributed by atoms with Crippen molar-refractivity contribution in [2.45, 2.75) is 40.0 Å². The van der Waals surface area contributed by atoms with Gasteiger partial charge in [0.2, 0.25) is 0 Å². The van der Waals surface area contributed by atoms with Crippen LogP contribution in [0.25, 0.3) is 0 Å². The third kappa shape index (κ3) is 2.19. The molecule has 4 nitrogen and oxygen atoms in total. The van der Waals surface area contributed by atoms with Crippen LogP contribution in [0, 0.1) is 11.3 Å². The van der Waals surface area contributed by atoms with Crippen molar-refractivity contribution in [3.8, 4) is 0 Å². The first-order valence-corrected chi connectivity index (χ1v) is 6.18. The van der Waals surface area contributed by atoms with Gasteiger partial charge in [0.25, 0.3) is 0 Å². The maximum absolute atomic E-state index is 11.7. The van der Waals surface area contributed by atoms with E-state index in [1.54, 1.807) is 19.1 Å². The molecule has 2 unspecified atom stereocenters. The van der Waals surface area contributed by atoms with Crippen LogP contribution in [0.15, 0.2) is 23.3 Å². The summed E-state index contributed by atoms with van der Waals surface area (Å²) in [6.45, 7) is 5.51. The van der Waals surface area contributed by atoms with Crippen LogP contribution in [0.3, 0.4) is 0 Å². The summed E-state index contributed by atoms with van der Waals surface area (Å²) in [6.07, 6.45) is 5.02. The Bertz CT molecular complexity index is 420. The molecule has 18 heavy (non-hydrogen) atoms. The molecule has 100 valence electrons. The van der Waals surface area contributed by atoms with Crippen molar-refractivity contribution >= 4 is 11.9 Å². The lowest BCUT2D eigenvalue weighted by atomic mass is 9.63. The van der Waals surface area contributed by atoms with Crippen LogP contribution >= 0.6 is 0 Å². The van der Waals surface area contributed by atoms with E-state index in [0.29, 0.717) is 24.8 Å². The lowest BCUT2D eigenvalue weighted by molar-refractivity contribution is -0.157. The van der Waals surface area contributed by atoms with E-state index in [9.17, 15) is 19.8 Å². The first kappa shape index (κ1) is 14.5. The molecular weight excluding hydrogens is 232 g/mol. The van der Waals surface area contributed by atoms with Gasteiger partial charge in [-0.25, -0.2) is 0 Å². The molecule has 0 bridgehead atoms. The molecule has 0 aromatic rings. The second-order valence-corrected chi connectivity index (χ2v) is 4.82. The molecule has 0 spiro atoms. The van der Waals surface area contributed by atoms with E-state index in [4.69, 9.17) is 0 Å². The molecule has 1 aliphatic rings. The van der Waals surface area contributed by atoms with Crippen LogP contribution in [0.1, 0.15) is 40.0 Å². The lowest BCUT2D eigenvalue weighted by Crippen LogP contribution is -2.44. The number of hydrogen-bond acceptors (Lipinski definition) is 2. The van der Waals surface area contributed by atoms with E-state index < -0.39 is 23.3 Å². The third-order valence-electron chi connectivity index (χ3n) is 3.89. The van der Waals surface area contributed by atoms with Crippen molar-refractivity contribution in [3.05, 3.63) is 23.3 Å². The van der Waals surface area contributed by atoms with Crippen LogP contribution in [0.5, 0.6) is 0 Å². The molecule has 4 heteroatoms. The van der Waals surface area contributed by atoms with Crippen LogP contribution < -0.4 is 0 Å². The van der Waals surface area contributed by atoms with E-state index in [2.05, 4.69) is 0 Å². The maximum atomic E-state index is 11.7. The van der Waals surface area contributed by atoms with E-state index in [1.165, 1.54) is 0 Å². The fourth-order valence-corrected chi connectivity index (χ4v) is 2.63. The molecule has 2 atom stereocenters. The van der Waals surface area contributed by atoms with E-state index in [1.807, 2.05) is 13.8 Å². The van der Waals surface area contributed by atoms with Crippen molar-refractivity contribution in [1.82, 2.24) is 0 Å². The number of carboxylic acid groups (broad SMARTS) is 2. The van der Waals surface area contributed by atoms with E-state index in [-0.39, 0.29) is 0 Å². The van der Waals surface area contributed by atoms with Gasteiger partial charge >= 0.3 is 11.9 Å². The number of carbonyl (C=O) groups is 2. The zero-order chi connectivity index (χ0) is 13.9. The summed E-state index contributed by atoms with van der Waals surface area (Å²) in [4.78, 5) is 23.1. The minimum Gasteiger partial charge on any atom is -0.481 e. The lowest BCUT2D eigenvalue weighted by Gasteiger charge is -2.38. The molecule has 0 saturated heterocycles. The Morgan fingerprint density at radius 3 is 2.44 bits per heavy atom. The zero-order valence-corrected chi connectivity index (χ0v) is 11.1. The Hall–Kier alpha value is -1.58. The quantitative estimate of drug-likeness (QED) is 0.754. The summed E-state index contributed by atoms with van der Waals surface area (Å²) in [5, 5.41) is 18.9. The molecule has 0 aliphatic heterocycles. The highest BCUT2D eigenvalue weighted by atomic mass is 16.4. The summed E-state index contributed by atoms with van der Waals surface area (Å²) in [7, 11) is 0. The Morgan fingerprint density at radius 1 is 1.39 bits per heavy atom. The van der Waals surface area contributed by atoms with Gasteiger partial charge in [0.05, 0.1) is 5.92 Å². The van der Waals surface area contributed by atoms with E-state index >= 15 is 0 Å². The molecule has 0 radical (unpaired) electrons. The predicted molar refractivity (Wildman–Crippen MR) is 68.2 cm³/mol. The SMILES string of the molecule is CCC=CC1(C(=O)O)C(C)=C(C)CCC1C(=O)O. The summed E-state index contributed by atoms with van der Waals surface area (Å²) in [5.41, 5.74) is 0.262. The number of allylic oxidation sites excluding steroid dienone is 2. The maximum Gasteiger partial charge on any atom is 0.318 e. The van der Waals surface area contributed by atoms with Gasteiger partial charge in [-0.05, 0) is 33.1 Å². The molecule has 0 aromatic carbocycles. The average molecular weight is 252 g/mol. The molecule has 1 aliphatic carbocycles. The molecule has 1 rings (SSSR count). The van der Waals surface area contributed by atoms with Gasteiger partial charge in [-0.3, -0.25) is 9.59 Å². The van der Waals surface area contributed by atoms with Gasteiger partial charge in [0.15, 0.2) is 0 Å². The standard InChI is InChI=1S/C14H20O4/c1-4-5-8-14(13(17)18)10(3)9(2)6-7-11(14)12(15)16/h5,8,11H,4,6-7H2,1-3H3,(H,15,16)(H,17,18). The largest absolute Gasteiger partial charge is 0.481 e. The smallest absolute Gasteiger partial charge is 0.318 e. The number of carboxylic acids is 2. The second kappa shape index (κ2) is 5.38. The number of hydrogen-bond donors (Lipinski definition) is 2.